The minimum Gasteiger partial charge on any atom is -0.497 e. The first kappa shape index (κ1) is 21.3. The summed E-state index contributed by atoms with van der Waals surface area (Å²) >= 11 is 0. The lowest BCUT2D eigenvalue weighted by atomic mass is 10.1. The van der Waals surface area contributed by atoms with Crippen LogP contribution in [0, 0.1) is 6.92 Å². The van der Waals surface area contributed by atoms with Gasteiger partial charge in [0.25, 0.3) is 5.91 Å². The van der Waals surface area contributed by atoms with E-state index in [-0.39, 0.29) is 5.91 Å². The average Bonchev–Trinajstić information content (AvgIpc) is 2.78. The SMILES string of the molecule is COc1ccc2cc(C(=O)NCc3cccc(CN4CCN(C)CC4)c3)c(C)nc2c1. The molecular weight excluding hydrogens is 388 g/mol. The number of nitrogens with one attached hydrogen (secondary N) is 1. The summed E-state index contributed by atoms with van der Waals surface area (Å²) in [7, 11) is 3.81. The number of hydrogen-bond donors (Lipinski definition) is 1. The second-order valence-electron chi connectivity index (χ2n) is 8.26. The molecule has 1 aliphatic heterocycles. The predicted molar refractivity (Wildman–Crippen MR) is 123 cm³/mol. The summed E-state index contributed by atoms with van der Waals surface area (Å²) < 4.78 is 5.27. The van der Waals surface area contributed by atoms with Crippen LogP contribution in [-0.2, 0) is 13.1 Å². The summed E-state index contributed by atoms with van der Waals surface area (Å²) in [5, 5.41) is 3.98. The molecule has 6 nitrogen and oxygen atoms in total. The fourth-order valence-electron chi connectivity index (χ4n) is 3.98. The lowest BCUT2D eigenvalue weighted by Gasteiger charge is -2.32. The number of aryl methyl sites for hydroxylation is 1. The average molecular weight is 419 g/mol. The molecule has 162 valence electrons. The van der Waals surface area contributed by atoms with Crippen LogP contribution in [0.15, 0.2) is 48.5 Å². The van der Waals surface area contributed by atoms with Crippen molar-refractivity contribution in [2.24, 2.45) is 0 Å². The van der Waals surface area contributed by atoms with Crippen molar-refractivity contribution in [2.45, 2.75) is 20.0 Å². The van der Waals surface area contributed by atoms with Crippen molar-refractivity contribution in [1.29, 1.82) is 0 Å². The Bertz CT molecular complexity index is 1070. The van der Waals surface area contributed by atoms with Gasteiger partial charge in [0.05, 0.1) is 23.9 Å². The van der Waals surface area contributed by atoms with E-state index in [9.17, 15) is 4.79 Å². The maximum atomic E-state index is 12.8. The van der Waals surface area contributed by atoms with Crippen molar-refractivity contribution in [2.75, 3.05) is 40.3 Å². The quantitative estimate of drug-likeness (QED) is 0.666. The molecule has 0 saturated carbocycles. The third kappa shape index (κ3) is 5.21. The molecular formula is C25H30N4O2. The van der Waals surface area contributed by atoms with Crippen LogP contribution in [0.25, 0.3) is 10.9 Å². The summed E-state index contributed by atoms with van der Waals surface area (Å²) in [4.78, 5) is 22.3. The highest BCUT2D eigenvalue weighted by Gasteiger charge is 2.15. The van der Waals surface area contributed by atoms with Crippen LogP contribution in [0.2, 0.25) is 0 Å². The van der Waals surface area contributed by atoms with Crippen molar-refractivity contribution in [1.82, 2.24) is 20.1 Å². The number of aromatic nitrogens is 1. The number of piperazine rings is 1. The Morgan fingerprint density at radius 2 is 1.84 bits per heavy atom. The molecule has 2 heterocycles. The van der Waals surface area contributed by atoms with Gasteiger partial charge in [0.2, 0.25) is 0 Å². The van der Waals surface area contributed by atoms with Gasteiger partial charge in [0.15, 0.2) is 0 Å². The molecule has 0 bridgehead atoms. The van der Waals surface area contributed by atoms with E-state index in [4.69, 9.17) is 4.74 Å². The van der Waals surface area contributed by atoms with Gasteiger partial charge in [-0.25, -0.2) is 0 Å². The molecule has 4 rings (SSSR count). The number of ether oxygens (including phenoxy) is 1. The summed E-state index contributed by atoms with van der Waals surface area (Å²) in [6, 6.07) is 16.1. The lowest BCUT2D eigenvalue weighted by molar-refractivity contribution is 0.0950. The number of amides is 1. The fraction of sp³-hybridized carbons (Fsp3) is 0.360. The van der Waals surface area contributed by atoms with E-state index >= 15 is 0 Å². The number of rotatable bonds is 6. The Morgan fingerprint density at radius 3 is 2.61 bits per heavy atom. The van der Waals surface area contributed by atoms with E-state index in [0.717, 1.165) is 54.9 Å². The number of hydrogen-bond acceptors (Lipinski definition) is 5. The monoisotopic (exact) mass is 418 g/mol. The first-order valence-electron chi connectivity index (χ1n) is 10.7. The zero-order valence-corrected chi connectivity index (χ0v) is 18.5. The van der Waals surface area contributed by atoms with E-state index in [1.807, 2.05) is 31.2 Å². The molecule has 0 unspecified atom stereocenters. The van der Waals surface area contributed by atoms with Crippen LogP contribution in [0.5, 0.6) is 5.75 Å². The number of carbonyl (C=O) groups excluding carboxylic acids is 1. The van der Waals surface area contributed by atoms with Gasteiger partial charge in [0.1, 0.15) is 5.75 Å². The predicted octanol–water partition coefficient (Wildman–Crippen LogP) is 3.23. The third-order valence-electron chi connectivity index (χ3n) is 5.91. The van der Waals surface area contributed by atoms with Gasteiger partial charge in [-0.3, -0.25) is 14.7 Å². The normalized spacial score (nSPS) is 15.2. The summed E-state index contributed by atoms with van der Waals surface area (Å²) in [5.41, 5.74) is 4.53. The second-order valence-corrected chi connectivity index (χ2v) is 8.26. The number of nitrogens with zero attached hydrogens (tertiary/aromatic N) is 3. The molecule has 2 aromatic carbocycles. The number of carbonyl (C=O) groups is 1. The fourth-order valence-corrected chi connectivity index (χ4v) is 3.98. The van der Waals surface area contributed by atoms with Crippen LogP contribution in [-0.4, -0.2) is 61.0 Å². The van der Waals surface area contributed by atoms with E-state index in [2.05, 4.69) is 51.4 Å². The van der Waals surface area contributed by atoms with Crippen LogP contribution in [0.1, 0.15) is 27.2 Å². The van der Waals surface area contributed by atoms with Crippen molar-refractivity contribution in [3.8, 4) is 5.75 Å². The van der Waals surface area contributed by atoms with E-state index in [1.54, 1.807) is 7.11 Å². The van der Waals surface area contributed by atoms with E-state index in [1.165, 1.54) is 5.56 Å². The van der Waals surface area contributed by atoms with Crippen LogP contribution >= 0.6 is 0 Å². The largest absolute Gasteiger partial charge is 0.497 e. The van der Waals surface area contributed by atoms with Gasteiger partial charge in [-0.2, -0.15) is 0 Å². The minimum absolute atomic E-state index is 0.104. The Kier molecular flexibility index (Phi) is 6.49. The molecule has 6 heteroatoms. The Labute approximate surface area is 183 Å². The van der Waals surface area contributed by atoms with Crippen molar-refractivity contribution in [3.05, 3.63) is 70.9 Å². The van der Waals surface area contributed by atoms with Gasteiger partial charge in [0, 0.05) is 50.7 Å². The van der Waals surface area contributed by atoms with Gasteiger partial charge >= 0.3 is 0 Å². The number of methoxy groups -OCH3 is 1. The second kappa shape index (κ2) is 9.45. The van der Waals surface area contributed by atoms with Gasteiger partial charge < -0.3 is 15.0 Å². The number of fused-ring (bicyclic) bond motifs is 1. The van der Waals surface area contributed by atoms with Crippen molar-refractivity contribution >= 4 is 16.8 Å². The molecule has 1 aliphatic rings. The number of benzene rings is 2. The third-order valence-corrected chi connectivity index (χ3v) is 5.91. The van der Waals surface area contributed by atoms with E-state index in [0.29, 0.717) is 17.8 Å². The first-order valence-corrected chi connectivity index (χ1v) is 10.7. The van der Waals surface area contributed by atoms with Gasteiger partial charge in [-0.05, 0) is 43.3 Å². The molecule has 31 heavy (non-hydrogen) atoms. The zero-order chi connectivity index (χ0) is 21.8. The Balaban J connectivity index is 1.41. The molecule has 0 atom stereocenters. The van der Waals surface area contributed by atoms with Crippen molar-refractivity contribution in [3.63, 3.8) is 0 Å². The smallest absolute Gasteiger partial charge is 0.253 e. The first-order chi connectivity index (χ1) is 15.0. The molecule has 3 aromatic rings. The van der Waals surface area contributed by atoms with Crippen LogP contribution < -0.4 is 10.1 Å². The molecule has 1 aromatic heterocycles. The van der Waals surface area contributed by atoms with Crippen molar-refractivity contribution < 1.29 is 9.53 Å². The standard InChI is InChI=1S/C25H30N4O2/c1-18-23(14-21-7-8-22(31-3)15-24(21)27-18)25(30)26-16-19-5-4-6-20(13-19)17-29-11-9-28(2)10-12-29/h4-8,13-15H,9-12,16-17H2,1-3H3,(H,26,30). The highest BCUT2D eigenvalue weighted by molar-refractivity contribution is 5.98. The van der Waals surface area contributed by atoms with E-state index < -0.39 is 0 Å². The van der Waals surface area contributed by atoms with Gasteiger partial charge in [-0.15, -0.1) is 0 Å². The Hall–Kier alpha value is -2.96. The molecule has 0 radical (unpaired) electrons. The van der Waals surface area contributed by atoms with Crippen LogP contribution in [0.3, 0.4) is 0 Å². The highest BCUT2D eigenvalue weighted by Crippen LogP contribution is 2.22. The number of pyridine rings is 1. The molecule has 1 saturated heterocycles. The molecule has 1 fully saturated rings. The topological polar surface area (TPSA) is 57.7 Å². The molecule has 0 spiro atoms. The summed E-state index contributed by atoms with van der Waals surface area (Å²) in [6.07, 6.45) is 0. The maximum Gasteiger partial charge on any atom is 0.253 e. The maximum absolute atomic E-state index is 12.8. The Morgan fingerprint density at radius 1 is 1.06 bits per heavy atom. The van der Waals surface area contributed by atoms with Gasteiger partial charge in [-0.1, -0.05) is 24.3 Å². The molecule has 1 N–H and O–H groups in total. The number of likely N-dealkylation sites (N-methyl/N-ethyl adjacent to an activating group) is 1. The summed E-state index contributed by atoms with van der Waals surface area (Å²) in [6.45, 7) is 7.73. The molecule has 1 amide bonds. The lowest BCUT2D eigenvalue weighted by Crippen LogP contribution is -2.43. The summed E-state index contributed by atoms with van der Waals surface area (Å²) in [5.74, 6) is 0.653. The highest BCUT2D eigenvalue weighted by atomic mass is 16.5. The minimum atomic E-state index is -0.104. The molecule has 0 aliphatic carbocycles. The van der Waals surface area contributed by atoms with Crippen LogP contribution in [0.4, 0.5) is 0 Å². The zero-order valence-electron chi connectivity index (χ0n) is 18.5.